The molecule has 0 aromatic rings. The van der Waals surface area contributed by atoms with E-state index in [-0.39, 0.29) is 12.5 Å². The van der Waals surface area contributed by atoms with Crippen molar-refractivity contribution in [3.8, 4) is 0 Å². The molecule has 15 heavy (non-hydrogen) atoms. The van der Waals surface area contributed by atoms with Crippen molar-refractivity contribution in [1.29, 1.82) is 0 Å². The van der Waals surface area contributed by atoms with Crippen LogP contribution in [0.2, 0.25) is 0 Å². The van der Waals surface area contributed by atoms with E-state index in [0.29, 0.717) is 19.6 Å². The summed E-state index contributed by atoms with van der Waals surface area (Å²) in [4.78, 5) is 21.5. The van der Waals surface area contributed by atoms with Gasteiger partial charge >= 0.3 is 5.97 Å². The summed E-state index contributed by atoms with van der Waals surface area (Å²) in [6.45, 7) is 4.57. The van der Waals surface area contributed by atoms with E-state index < -0.39 is 11.9 Å². The molecule has 0 aromatic carbocycles. The summed E-state index contributed by atoms with van der Waals surface area (Å²) in [5, 5.41) is 11.2. The molecule has 0 rings (SSSR count). The van der Waals surface area contributed by atoms with Crippen LogP contribution in [0.3, 0.4) is 0 Å². The summed E-state index contributed by atoms with van der Waals surface area (Å²) in [6, 6.07) is 0. The van der Waals surface area contributed by atoms with Crippen molar-refractivity contribution in [3.63, 3.8) is 0 Å². The highest BCUT2D eigenvalue weighted by Crippen LogP contribution is 1.99. The molecule has 88 valence electrons. The third-order valence-electron chi connectivity index (χ3n) is 1.90. The Bertz CT molecular complexity index is 206. The first-order valence-corrected chi connectivity index (χ1v) is 5.15. The summed E-state index contributed by atoms with van der Waals surface area (Å²) in [6.07, 6.45) is 1.32. The minimum Gasteiger partial charge on any atom is -0.481 e. The summed E-state index contributed by atoms with van der Waals surface area (Å²) >= 11 is 0. The molecular formula is C10H19NO4. The predicted molar refractivity (Wildman–Crippen MR) is 55.5 cm³/mol. The second kappa shape index (κ2) is 8.23. The van der Waals surface area contributed by atoms with E-state index in [1.165, 1.54) is 0 Å². The molecule has 5 nitrogen and oxygen atoms in total. The molecule has 2 N–H and O–H groups in total. The van der Waals surface area contributed by atoms with Gasteiger partial charge in [-0.3, -0.25) is 9.59 Å². The Kier molecular flexibility index (Phi) is 7.62. The van der Waals surface area contributed by atoms with Crippen molar-refractivity contribution < 1.29 is 19.4 Å². The van der Waals surface area contributed by atoms with Gasteiger partial charge in [-0.05, 0) is 12.8 Å². The summed E-state index contributed by atoms with van der Waals surface area (Å²) in [7, 11) is 0. The van der Waals surface area contributed by atoms with Crippen LogP contribution in [-0.2, 0) is 14.3 Å². The van der Waals surface area contributed by atoms with Crippen molar-refractivity contribution >= 4 is 11.9 Å². The Balaban J connectivity index is 3.42. The van der Waals surface area contributed by atoms with Crippen LogP contribution in [0.4, 0.5) is 0 Å². The van der Waals surface area contributed by atoms with E-state index in [0.717, 1.165) is 6.42 Å². The molecule has 0 saturated carbocycles. The van der Waals surface area contributed by atoms with Crippen LogP contribution < -0.4 is 5.32 Å². The first-order chi connectivity index (χ1) is 7.07. The lowest BCUT2D eigenvalue weighted by Crippen LogP contribution is -2.30. The van der Waals surface area contributed by atoms with Gasteiger partial charge in [-0.25, -0.2) is 0 Å². The topological polar surface area (TPSA) is 75.6 Å². The van der Waals surface area contributed by atoms with Crippen molar-refractivity contribution in [1.82, 2.24) is 5.32 Å². The molecule has 0 aliphatic carbocycles. The van der Waals surface area contributed by atoms with E-state index in [2.05, 4.69) is 5.32 Å². The van der Waals surface area contributed by atoms with Crippen molar-refractivity contribution in [2.75, 3.05) is 19.8 Å². The van der Waals surface area contributed by atoms with Gasteiger partial charge in [-0.15, -0.1) is 0 Å². The van der Waals surface area contributed by atoms with Gasteiger partial charge in [0.1, 0.15) is 6.61 Å². The maximum atomic E-state index is 11.1. The number of aliphatic carboxylic acids is 1. The molecule has 5 heteroatoms. The van der Waals surface area contributed by atoms with Crippen LogP contribution in [0.5, 0.6) is 0 Å². The van der Waals surface area contributed by atoms with E-state index >= 15 is 0 Å². The lowest BCUT2D eigenvalue weighted by Gasteiger charge is -2.07. The molecule has 0 saturated heterocycles. The number of hydrogen-bond acceptors (Lipinski definition) is 3. The Morgan fingerprint density at radius 1 is 1.47 bits per heavy atom. The van der Waals surface area contributed by atoms with E-state index in [1.807, 2.05) is 6.92 Å². The van der Waals surface area contributed by atoms with Gasteiger partial charge in [0.15, 0.2) is 0 Å². The van der Waals surface area contributed by atoms with Crippen LogP contribution in [0.1, 0.15) is 26.7 Å². The second-order valence-electron chi connectivity index (χ2n) is 3.43. The number of amides is 1. The Morgan fingerprint density at radius 3 is 2.67 bits per heavy atom. The summed E-state index contributed by atoms with van der Waals surface area (Å²) in [5.41, 5.74) is 0. The Morgan fingerprint density at radius 2 is 2.13 bits per heavy atom. The number of carbonyl (C=O) groups is 2. The number of hydrogen-bond donors (Lipinski definition) is 2. The second-order valence-corrected chi connectivity index (χ2v) is 3.43. The summed E-state index contributed by atoms with van der Waals surface area (Å²) in [5.74, 6) is -1.46. The fraction of sp³-hybridized carbons (Fsp3) is 0.800. The quantitative estimate of drug-likeness (QED) is 0.585. The van der Waals surface area contributed by atoms with Crippen molar-refractivity contribution in [3.05, 3.63) is 0 Å². The van der Waals surface area contributed by atoms with Gasteiger partial charge in [0.2, 0.25) is 5.91 Å². The normalized spacial score (nSPS) is 12.1. The highest BCUT2D eigenvalue weighted by atomic mass is 16.5. The fourth-order valence-corrected chi connectivity index (χ4v) is 0.912. The predicted octanol–water partition coefficient (Wildman–Crippen LogP) is 0.640. The lowest BCUT2D eigenvalue weighted by molar-refractivity contribution is -0.141. The number of nitrogens with one attached hydrogen (secondary N) is 1. The summed E-state index contributed by atoms with van der Waals surface area (Å²) < 4.78 is 5.02. The van der Waals surface area contributed by atoms with Crippen molar-refractivity contribution in [2.24, 2.45) is 5.92 Å². The largest absolute Gasteiger partial charge is 0.481 e. The van der Waals surface area contributed by atoms with Crippen molar-refractivity contribution in [2.45, 2.75) is 26.7 Å². The smallest absolute Gasteiger partial charge is 0.306 e. The van der Waals surface area contributed by atoms with Crippen LogP contribution in [0, 0.1) is 5.92 Å². The zero-order valence-corrected chi connectivity index (χ0v) is 9.28. The molecule has 0 aliphatic heterocycles. The molecule has 1 atom stereocenters. The molecule has 0 radical (unpaired) electrons. The minimum atomic E-state index is -0.841. The molecule has 0 spiro atoms. The molecule has 0 bridgehead atoms. The van der Waals surface area contributed by atoms with Gasteiger partial charge in [0.05, 0.1) is 5.92 Å². The van der Waals surface area contributed by atoms with Gasteiger partial charge in [0, 0.05) is 13.2 Å². The molecule has 0 fully saturated rings. The first-order valence-electron chi connectivity index (χ1n) is 5.15. The zero-order valence-electron chi connectivity index (χ0n) is 9.28. The maximum Gasteiger partial charge on any atom is 0.306 e. The molecule has 1 unspecified atom stereocenters. The van der Waals surface area contributed by atoms with Gasteiger partial charge in [0.25, 0.3) is 0 Å². The lowest BCUT2D eigenvalue weighted by atomic mass is 10.1. The highest BCUT2D eigenvalue weighted by Gasteiger charge is 2.10. The molecule has 1 amide bonds. The van der Waals surface area contributed by atoms with E-state index in [9.17, 15) is 9.59 Å². The first kappa shape index (κ1) is 13.9. The third-order valence-corrected chi connectivity index (χ3v) is 1.90. The zero-order chi connectivity index (χ0) is 11.7. The molecule has 0 aromatic heterocycles. The average molecular weight is 217 g/mol. The molecule has 0 heterocycles. The van der Waals surface area contributed by atoms with E-state index in [1.54, 1.807) is 6.92 Å². The standard InChI is InChI=1S/C10H19NO4/c1-3-6-15-7-9(12)11-5-4-8(2)10(13)14/h8H,3-7H2,1-2H3,(H,11,12)(H,13,14). The number of carbonyl (C=O) groups excluding carboxylic acids is 1. The maximum absolute atomic E-state index is 11.1. The van der Waals surface area contributed by atoms with Crippen LogP contribution in [0.15, 0.2) is 0 Å². The minimum absolute atomic E-state index is 0.0509. The Hall–Kier alpha value is -1.10. The molecular weight excluding hydrogens is 198 g/mol. The van der Waals surface area contributed by atoms with Crippen LogP contribution in [-0.4, -0.2) is 36.7 Å². The fourth-order valence-electron chi connectivity index (χ4n) is 0.912. The SMILES string of the molecule is CCCOCC(=O)NCCC(C)C(=O)O. The van der Waals surface area contributed by atoms with Gasteiger partial charge in [-0.1, -0.05) is 13.8 Å². The Labute approximate surface area is 89.8 Å². The van der Waals surface area contributed by atoms with Gasteiger partial charge in [-0.2, -0.15) is 0 Å². The third kappa shape index (κ3) is 7.93. The monoisotopic (exact) mass is 217 g/mol. The highest BCUT2D eigenvalue weighted by molar-refractivity contribution is 5.77. The average Bonchev–Trinajstić information content (AvgIpc) is 2.18. The van der Waals surface area contributed by atoms with Gasteiger partial charge < -0.3 is 15.2 Å². The number of carboxylic acid groups (broad SMARTS) is 1. The number of ether oxygens (including phenoxy) is 1. The number of rotatable bonds is 8. The van der Waals surface area contributed by atoms with Crippen LogP contribution >= 0.6 is 0 Å². The molecule has 0 aliphatic rings. The van der Waals surface area contributed by atoms with Crippen LogP contribution in [0.25, 0.3) is 0 Å². The number of carboxylic acids is 1. The van der Waals surface area contributed by atoms with E-state index in [4.69, 9.17) is 9.84 Å².